The maximum atomic E-state index is 13.0. The highest BCUT2D eigenvalue weighted by Gasteiger charge is 2.28. The number of hydrogen-bond acceptors (Lipinski definition) is 4. The normalized spacial score (nSPS) is 20.9. The number of thiophene rings is 1. The second kappa shape index (κ2) is 6.31. The number of likely N-dealkylation sites (tertiary alicyclic amines) is 1. The molecule has 5 nitrogen and oxygen atoms in total. The molecule has 1 aliphatic heterocycles. The highest BCUT2D eigenvalue weighted by atomic mass is 32.1. The van der Waals surface area contributed by atoms with Crippen LogP contribution in [0.5, 0.6) is 0 Å². The molecular formula is C18H24N4OS. The molecule has 2 aromatic rings. The Hall–Kier alpha value is -1.69. The number of aromatic nitrogens is 3. The molecule has 0 saturated carbocycles. The van der Waals surface area contributed by atoms with E-state index in [2.05, 4.69) is 16.1 Å². The van der Waals surface area contributed by atoms with Crippen molar-refractivity contribution in [3.63, 3.8) is 0 Å². The maximum Gasteiger partial charge on any atom is 0.264 e. The van der Waals surface area contributed by atoms with Crippen LogP contribution in [-0.4, -0.2) is 38.7 Å². The average molecular weight is 344 g/mol. The molecule has 1 saturated heterocycles. The molecular weight excluding hydrogens is 320 g/mol. The molecule has 0 spiro atoms. The summed E-state index contributed by atoms with van der Waals surface area (Å²) in [5, 5.41) is 4.52. The summed E-state index contributed by atoms with van der Waals surface area (Å²) >= 11 is 1.72. The topological polar surface area (TPSA) is 51.0 Å². The van der Waals surface area contributed by atoms with E-state index in [0.717, 1.165) is 55.3 Å². The Morgan fingerprint density at radius 2 is 2.08 bits per heavy atom. The zero-order valence-corrected chi connectivity index (χ0v) is 15.2. The zero-order chi connectivity index (χ0) is 16.7. The third kappa shape index (κ3) is 2.88. The van der Waals surface area contributed by atoms with E-state index in [-0.39, 0.29) is 11.9 Å². The summed E-state index contributed by atoms with van der Waals surface area (Å²) < 4.78 is 2.01. The van der Waals surface area contributed by atoms with Gasteiger partial charge in [-0.25, -0.2) is 9.67 Å². The molecule has 1 aliphatic carbocycles. The molecule has 0 bridgehead atoms. The van der Waals surface area contributed by atoms with Gasteiger partial charge in [0.25, 0.3) is 5.91 Å². The number of fused-ring (bicyclic) bond motifs is 1. The number of nitrogens with zero attached hydrogens (tertiary/aromatic N) is 4. The van der Waals surface area contributed by atoms with Gasteiger partial charge in [0.1, 0.15) is 11.6 Å². The summed E-state index contributed by atoms with van der Waals surface area (Å²) in [6.45, 7) is 5.51. The van der Waals surface area contributed by atoms with E-state index >= 15 is 0 Å². The summed E-state index contributed by atoms with van der Waals surface area (Å²) in [5.41, 5.74) is 1.41. The summed E-state index contributed by atoms with van der Waals surface area (Å²) in [4.78, 5) is 21.8. The molecule has 0 aromatic carbocycles. The minimum absolute atomic E-state index is 0.202. The number of carbonyl (C=O) groups excluding carboxylic acids is 1. The molecule has 24 heavy (non-hydrogen) atoms. The fraction of sp³-hybridized carbons (Fsp3) is 0.611. The predicted molar refractivity (Wildman–Crippen MR) is 94.6 cm³/mol. The van der Waals surface area contributed by atoms with E-state index in [1.165, 1.54) is 23.3 Å². The summed E-state index contributed by atoms with van der Waals surface area (Å²) in [7, 11) is 0. The van der Waals surface area contributed by atoms with Crippen LogP contribution in [0.15, 0.2) is 6.07 Å². The van der Waals surface area contributed by atoms with E-state index in [1.54, 1.807) is 11.3 Å². The zero-order valence-electron chi connectivity index (χ0n) is 14.4. The lowest BCUT2D eigenvalue weighted by molar-refractivity contribution is 0.0676. The highest BCUT2D eigenvalue weighted by Crippen LogP contribution is 2.31. The molecule has 3 heterocycles. The van der Waals surface area contributed by atoms with Crippen molar-refractivity contribution in [3.8, 4) is 0 Å². The average Bonchev–Trinajstić information content (AvgIpc) is 3.17. The summed E-state index contributed by atoms with van der Waals surface area (Å²) in [5.74, 6) is 1.95. The van der Waals surface area contributed by atoms with Crippen LogP contribution >= 0.6 is 11.3 Å². The van der Waals surface area contributed by atoms with Crippen LogP contribution in [0.25, 0.3) is 0 Å². The minimum Gasteiger partial charge on any atom is -0.336 e. The molecule has 4 rings (SSSR count). The van der Waals surface area contributed by atoms with E-state index in [9.17, 15) is 4.79 Å². The molecule has 6 heteroatoms. The number of rotatable bonds is 2. The molecule has 0 N–H and O–H groups in total. The standard InChI is InChI=1S/C18H24N4OS/c1-12-19-13(2)22(20-12)15-7-5-9-21(11-15)18(23)17-10-14-6-3-4-8-16(14)24-17/h10,15H,3-9,11H2,1-2H3/t15-/m1/s1. The Morgan fingerprint density at radius 3 is 2.83 bits per heavy atom. The Balaban J connectivity index is 1.52. The Kier molecular flexibility index (Phi) is 4.16. The monoisotopic (exact) mass is 344 g/mol. The van der Waals surface area contributed by atoms with Crippen LogP contribution in [0.1, 0.15) is 63.5 Å². The lowest BCUT2D eigenvalue weighted by atomic mass is 9.99. The Bertz CT molecular complexity index is 740. The number of carbonyl (C=O) groups is 1. The summed E-state index contributed by atoms with van der Waals surface area (Å²) in [6.07, 6.45) is 6.90. The van der Waals surface area contributed by atoms with E-state index in [1.807, 2.05) is 23.4 Å². The van der Waals surface area contributed by atoms with Crippen molar-refractivity contribution in [1.82, 2.24) is 19.7 Å². The summed E-state index contributed by atoms with van der Waals surface area (Å²) in [6, 6.07) is 2.40. The van der Waals surface area contributed by atoms with Gasteiger partial charge in [-0.1, -0.05) is 0 Å². The van der Waals surface area contributed by atoms with Gasteiger partial charge in [-0.2, -0.15) is 5.10 Å². The van der Waals surface area contributed by atoms with Gasteiger partial charge in [0.15, 0.2) is 0 Å². The van der Waals surface area contributed by atoms with Crippen molar-refractivity contribution in [2.75, 3.05) is 13.1 Å². The molecule has 1 fully saturated rings. The van der Waals surface area contributed by atoms with Crippen LogP contribution in [0.3, 0.4) is 0 Å². The first-order chi connectivity index (χ1) is 11.6. The molecule has 0 radical (unpaired) electrons. The van der Waals surface area contributed by atoms with Crippen LogP contribution in [0.2, 0.25) is 0 Å². The van der Waals surface area contributed by atoms with Crippen molar-refractivity contribution in [2.45, 2.75) is 58.4 Å². The van der Waals surface area contributed by atoms with Crippen molar-refractivity contribution in [1.29, 1.82) is 0 Å². The molecule has 128 valence electrons. The Labute approximate surface area is 146 Å². The van der Waals surface area contributed by atoms with Gasteiger partial charge in [-0.05, 0) is 64.0 Å². The van der Waals surface area contributed by atoms with Gasteiger partial charge in [0.05, 0.1) is 10.9 Å². The van der Waals surface area contributed by atoms with Crippen molar-refractivity contribution < 1.29 is 4.79 Å². The van der Waals surface area contributed by atoms with Gasteiger partial charge < -0.3 is 4.90 Å². The first kappa shape index (κ1) is 15.8. The van der Waals surface area contributed by atoms with Gasteiger partial charge in [-0.3, -0.25) is 4.79 Å². The third-order valence-electron chi connectivity index (χ3n) is 5.14. The molecule has 1 atom stereocenters. The van der Waals surface area contributed by atoms with Gasteiger partial charge >= 0.3 is 0 Å². The van der Waals surface area contributed by atoms with Gasteiger partial charge in [-0.15, -0.1) is 11.3 Å². The number of aryl methyl sites for hydroxylation is 4. The van der Waals surface area contributed by atoms with E-state index in [4.69, 9.17) is 0 Å². The SMILES string of the molecule is Cc1nc(C)n([C@@H]2CCCN(C(=O)c3cc4c(s3)CCCC4)C2)n1. The number of piperidine rings is 1. The van der Waals surface area contributed by atoms with Gasteiger partial charge in [0.2, 0.25) is 0 Å². The largest absolute Gasteiger partial charge is 0.336 e. The molecule has 0 unspecified atom stereocenters. The van der Waals surface area contributed by atoms with Crippen molar-refractivity contribution in [3.05, 3.63) is 33.0 Å². The fourth-order valence-corrected chi connectivity index (χ4v) is 5.19. The second-order valence-corrected chi connectivity index (χ2v) is 8.10. The first-order valence-electron chi connectivity index (χ1n) is 8.92. The number of hydrogen-bond donors (Lipinski definition) is 0. The van der Waals surface area contributed by atoms with Crippen LogP contribution in [-0.2, 0) is 12.8 Å². The second-order valence-electron chi connectivity index (χ2n) is 6.96. The first-order valence-corrected chi connectivity index (χ1v) is 9.74. The predicted octanol–water partition coefficient (Wildman–Crippen LogP) is 3.31. The Morgan fingerprint density at radius 1 is 1.25 bits per heavy atom. The van der Waals surface area contributed by atoms with Crippen LogP contribution in [0.4, 0.5) is 0 Å². The highest BCUT2D eigenvalue weighted by molar-refractivity contribution is 7.14. The lowest BCUT2D eigenvalue weighted by Gasteiger charge is -2.32. The smallest absolute Gasteiger partial charge is 0.264 e. The minimum atomic E-state index is 0.202. The fourth-order valence-electron chi connectivity index (χ4n) is 3.97. The van der Waals surface area contributed by atoms with Crippen molar-refractivity contribution in [2.24, 2.45) is 0 Å². The lowest BCUT2D eigenvalue weighted by Crippen LogP contribution is -2.41. The van der Waals surface area contributed by atoms with Crippen LogP contribution < -0.4 is 0 Å². The van der Waals surface area contributed by atoms with Gasteiger partial charge in [0, 0.05) is 18.0 Å². The maximum absolute atomic E-state index is 13.0. The quantitative estimate of drug-likeness (QED) is 0.840. The van der Waals surface area contributed by atoms with E-state index in [0.29, 0.717) is 0 Å². The van der Waals surface area contributed by atoms with Crippen molar-refractivity contribution >= 4 is 17.2 Å². The molecule has 1 amide bonds. The third-order valence-corrected chi connectivity index (χ3v) is 6.37. The van der Waals surface area contributed by atoms with Crippen LogP contribution in [0, 0.1) is 13.8 Å². The van der Waals surface area contributed by atoms with E-state index < -0.39 is 0 Å². The molecule has 2 aromatic heterocycles. The molecule has 2 aliphatic rings. The number of amides is 1.